The Bertz CT molecular complexity index is 933. The first-order valence-corrected chi connectivity index (χ1v) is 10.7. The first kappa shape index (κ1) is 18.3. The fraction of sp³-hybridized carbons (Fsp3) is 0.478. The highest BCUT2D eigenvalue weighted by molar-refractivity contribution is 5.95. The van der Waals surface area contributed by atoms with Crippen LogP contribution in [0.5, 0.6) is 11.5 Å². The van der Waals surface area contributed by atoms with Gasteiger partial charge in [0.2, 0.25) is 5.91 Å². The highest BCUT2D eigenvalue weighted by Crippen LogP contribution is 2.42. The number of anilines is 2. The molecule has 2 N–H and O–H groups in total. The number of aromatic nitrogens is 1. The van der Waals surface area contributed by atoms with Crippen LogP contribution in [0.2, 0.25) is 0 Å². The van der Waals surface area contributed by atoms with Crippen LogP contribution in [0.3, 0.4) is 0 Å². The molecular formula is C23H27N3O3. The summed E-state index contributed by atoms with van der Waals surface area (Å²) in [6.07, 6.45) is 7.20. The highest BCUT2D eigenvalue weighted by atomic mass is 16.5. The van der Waals surface area contributed by atoms with Gasteiger partial charge < -0.3 is 20.1 Å². The Labute approximate surface area is 170 Å². The van der Waals surface area contributed by atoms with Crippen molar-refractivity contribution in [3.63, 3.8) is 0 Å². The zero-order chi connectivity index (χ0) is 19.8. The second-order valence-electron chi connectivity index (χ2n) is 8.35. The summed E-state index contributed by atoms with van der Waals surface area (Å²) in [5, 5.41) is 13.6. The van der Waals surface area contributed by atoms with Crippen molar-refractivity contribution >= 4 is 17.4 Å². The molecule has 0 spiro atoms. The van der Waals surface area contributed by atoms with Gasteiger partial charge >= 0.3 is 0 Å². The van der Waals surface area contributed by atoms with Gasteiger partial charge in [-0.25, -0.2) is 4.98 Å². The maximum absolute atomic E-state index is 12.0. The van der Waals surface area contributed by atoms with Crippen molar-refractivity contribution in [1.82, 2.24) is 4.98 Å². The van der Waals surface area contributed by atoms with Crippen molar-refractivity contribution < 1.29 is 14.6 Å². The summed E-state index contributed by atoms with van der Waals surface area (Å²) < 4.78 is 6.05. The van der Waals surface area contributed by atoms with Crippen LogP contribution in [0.15, 0.2) is 24.3 Å². The van der Waals surface area contributed by atoms with Gasteiger partial charge in [0.05, 0.1) is 17.9 Å². The number of nitrogens with zero attached hydrogens (tertiary/aromatic N) is 2. The number of rotatable bonds is 5. The molecule has 0 bridgehead atoms. The van der Waals surface area contributed by atoms with Gasteiger partial charge in [-0.3, -0.25) is 4.79 Å². The van der Waals surface area contributed by atoms with Crippen LogP contribution in [0.1, 0.15) is 44.1 Å². The van der Waals surface area contributed by atoms with E-state index in [-0.39, 0.29) is 11.7 Å². The first-order valence-electron chi connectivity index (χ1n) is 10.7. The molecule has 0 unspecified atom stereocenters. The number of pyridine rings is 1. The van der Waals surface area contributed by atoms with Crippen LogP contribution in [-0.4, -0.2) is 35.7 Å². The Kier molecular flexibility index (Phi) is 4.78. The van der Waals surface area contributed by atoms with E-state index in [2.05, 4.69) is 16.3 Å². The molecule has 5 rings (SSSR count). The summed E-state index contributed by atoms with van der Waals surface area (Å²) in [5.74, 6) is 2.03. The Balaban J connectivity index is 1.59. The second-order valence-corrected chi connectivity index (χ2v) is 8.35. The number of hydrogen-bond acceptors (Lipinski definition) is 5. The molecule has 2 aromatic rings. The molecule has 29 heavy (non-hydrogen) atoms. The highest BCUT2D eigenvalue weighted by Gasteiger charge is 2.27. The number of carbonyl (C=O) groups excluding carboxylic acids is 1. The molecule has 152 valence electrons. The minimum atomic E-state index is -0.00534. The van der Waals surface area contributed by atoms with E-state index in [0.29, 0.717) is 48.2 Å². The first-order chi connectivity index (χ1) is 14.2. The standard InChI is InChI=1S/C23H27N3O3/c27-19-5-4-6-20(29-14-15-7-8-15)22(19)17-13-18(26-11-2-1-3-12-26)16-9-10-21(28)25-23(16)24-17/h4-6,13,15,27H,1-3,7-12,14H2,(H,24,25,28). The predicted molar refractivity (Wildman–Crippen MR) is 113 cm³/mol. The minimum absolute atomic E-state index is 0.00534. The van der Waals surface area contributed by atoms with Crippen molar-refractivity contribution in [3.05, 3.63) is 29.8 Å². The van der Waals surface area contributed by atoms with E-state index in [1.54, 1.807) is 12.1 Å². The van der Waals surface area contributed by atoms with Gasteiger partial charge in [0.1, 0.15) is 17.3 Å². The molecule has 3 heterocycles. The molecular weight excluding hydrogens is 366 g/mol. The number of fused-ring (bicyclic) bond motifs is 1. The van der Waals surface area contributed by atoms with E-state index in [1.807, 2.05) is 6.07 Å². The summed E-state index contributed by atoms with van der Waals surface area (Å²) in [6.45, 7) is 2.68. The molecule has 1 amide bonds. The van der Waals surface area contributed by atoms with E-state index < -0.39 is 0 Å². The Morgan fingerprint density at radius 1 is 1.17 bits per heavy atom. The summed E-state index contributed by atoms with van der Waals surface area (Å²) in [7, 11) is 0. The van der Waals surface area contributed by atoms with E-state index in [0.717, 1.165) is 24.3 Å². The number of hydrogen-bond donors (Lipinski definition) is 2. The Hall–Kier alpha value is -2.76. The third-order valence-corrected chi connectivity index (χ3v) is 6.09. The number of carbonyl (C=O) groups is 1. The smallest absolute Gasteiger partial charge is 0.225 e. The maximum Gasteiger partial charge on any atom is 0.225 e. The fourth-order valence-electron chi connectivity index (χ4n) is 4.28. The molecule has 2 fully saturated rings. The second kappa shape index (κ2) is 7.58. The monoisotopic (exact) mass is 393 g/mol. The minimum Gasteiger partial charge on any atom is -0.507 e. The number of nitrogens with one attached hydrogen (secondary N) is 1. The maximum atomic E-state index is 12.0. The largest absolute Gasteiger partial charge is 0.507 e. The van der Waals surface area contributed by atoms with Gasteiger partial charge in [-0.1, -0.05) is 6.07 Å². The summed E-state index contributed by atoms with van der Waals surface area (Å²) in [5.41, 5.74) is 3.48. The normalized spacial score (nSPS) is 18.9. The number of aromatic hydroxyl groups is 1. The van der Waals surface area contributed by atoms with Crippen molar-refractivity contribution in [3.8, 4) is 22.8 Å². The molecule has 1 aromatic heterocycles. The van der Waals surface area contributed by atoms with Crippen LogP contribution < -0.4 is 15.0 Å². The lowest BCUT2D eigenvalue weighted by Gasteiger charge is -2.33. The van der Waals surface area contributed by atoms with Crippen molar-refractivity contribution in [1.29, 1.82) is 0 Å². The number of amides is 1. The Morgan fingerprint density at radius 3 is 2.79 bits per heavy atom. The van der Waals surface area contributed by atoms with Crippen LogP contribution in [0.25, 0.3) is 11.3 Å². The number of phenols is 1. The average molecular weight is 393 g/mol. The SMILES string of the molecule is O=C1CCc2c(N3CCCCC3)cc(-c3c(O)cccc3OCC3CC3)nc2N1. The van der Waals surface area contributed by atoms with Crippen LogP contribution in [0, 0.1) is 5.92 Å². The molecule has 1 saturated heterocycles. The average Bonchev–Trinajstić information content (AvgIpc) is 3.56. The quantitative estimate of drug-likeness (QED) is 0.799. The van der Waals surface area contributed by atoms with Gasteiger partial charge in [-0.05, 0) is 62.6 Å². The summed E-state index contributed by atoms with van der Waals surface area (Å²) in [4.78, 5) is 19.2. The number of benzene rings is 1. The van der Waals surface area contributed by atoms with Crippen molar-refractivity contribution in [2.75, 3.05) is 29.9 Å². The predicted octanol–water partition coefficient (Wildman–Crippen LogP) is 4.12. The molecule has 6 heteroatoms. The van der Waals surface area contributed by atoms with E-state index in [9.17, 15) is 9.90 Å². The molecule has 3 aliphatic rings. The zero-order valence-electron chi connectivity index (χ0n) is 16.6. The number of piperidine rings is 1. The molecule has 0 radical (unpaired) electrons. The molecule has 1 aromatic carbocycles. The third kappa shape index (κ3) is 3.76. The topological polar surface area (TPSA) is 74.7 Å². The summed E-state index contributed by atoms with van der Waals surface area (Å²) in [6, 6.07) is 7.42. The third-order valence-electron chi connectivity index (χ3n) is 6.09. The van der Waals surface area contributed by atoms with E-state index in [4.69, 9.17) is 9.72 Å². The Morgan fingerprint density at radius 2 is 2.00 bits per heavy atom. The lowest BCUT2D eigenvalue weighted by molar-refractivity contribution is -0.116. The number of phenolic OH excluding ortho intramolecular Hbond substituents is 1. The molecule has 6 nitrogen and oxygen atoms in total. The van der Waals surface area contributed by atoms with Gasteiger partial charge in [0.25, 0.3) is 0 Å². The molecule has 2 aliphatic heterocycles. The van der Waals surface area contributed by atoms with Crippen molar-refractivity contribution in [2.24, 2.45) is 5.92 Å². The van der Waals surface area contributed by atoms with Gasteiger partial charge in [-0.15, -0.1) is 0 Å². The van der Waals surface area contributed by atoms with Crippen LogP contribution in [-0.2, 0) is 11.2 Å². The van der Waals surface area contributed by atoms with Crippen LogP contribution in [0.4, 0.5) is 11.5 Å². The lowest BCUT2D eigenvalue weighted by Crippen LogP contribution is -2.32. The summed E-state index contributed by atoms with van der Waals surface area (Å²) >= 11 is 0. The van der Waals surface area contributed by atoms with E-state index in [1.165, 1.54) is 32.1 Å². The molecule has 1 aliphatic carbocycles. The van der Waals surface area contributed by atoms with Gasteiger partial charge in [0, 0.05) is 30.8 Å². The fourth-order valence-corrected chi connectivity index (χ4v) is 4.28. The zero-order valence-corrected chi connectivity index (χ0v) is 16.6. The van der Waals surface area contributed by atoms with Crippen LogP contribution >= 0.6 is 0 Å². The van der Waals surface area contributed by atoms with Crippen molar-refractivity contribution in [2.45, 2.75) is 44.9 Å². The lowest BCUT2D eigenvalue weighted by atomic mass is 9.99. The number of ether oxygens (including phenoxy) is 1. The van der Waals surface area contributed by atoms with Gasteiger partial charge in [-0.2, -0.15) is 0 Å². The van der Waals surface area contributed by atoms with E-state index >= 15 is 0 Å². The molecule has 1 saturated carbocycles. The molecule has 0 atom stereocenters. The van der Waals surface area contributed by atoms with Gasteiger partial charge in [0.15, 0.2) is 0 Å².